The van der Waals surface area contributed by atoms with Crippen LogP contribution < -0.4 is 5.32 Å². The third-order valence-electron chi connectivity index (χ3n) is 3.54. The molecule has 0 radical (unpaired) electrons. The Balaban J connectivity index is 1.74. The molecule has 21 heavy (non-hydrogen) atoms. The number of aromatic nitrogens is 3. The quantitative estimate of drug-likeness (QED) is 0.941. The van der Waals surface area contributed by atoms with Gasteiger partial charge in [0.05, 0.1) is 22.6 Å². The molecule has 2 heterocycles. The summed E-state index contributed by atoms with van der Waals surface area (Å²) in [6, 6.07) is 5.86. The van der Waals surface area contributed by atoms with Gasteiger partial charge in [0.1, 0.15) is 0 Å². The van der Waals surface area contributed by atoms with E-state index in [9.17, 15) is 0 Å². The van der Waals surface area contributed by atoms with Crippen molar-refractivity contribution in [2.24, 2.45) is 0 Å². The minimum atomic E-state index is 0.513. The summed E-state index contributed by atoms with van der Waals surface area (Å²) < 4.78 is 1.69. The van der Waals surface area contributed by atoms with E-state index in [1.807, 2.05) is 12.3 Å². The first-order chi connectivity index (χ1) is 10.1. The maximum absolute atomic E-state index is 6.19. The van der Waals surface area contributed by atoms with Crippen molar-refractivity contribution < 1.29 is 0 Å². The lowest BCUT2D eigenvalue weighted by atomic mass is 10.2. The Kier molecular flexibility index (Phi) is 4.45. The van der Waals surface area contributed by atoms with E-state index in [-0.39, 0.29) is 0 Å². The highest BCUT2D eigenvalue weighted by atomic mass is 35.5. The van der Waals surface area contributed by atoms with Gasteiger partial charge < -0.3 is 5.32 Å². The van der Waals surface area contributed by atoms with Crippen LogP contribution in [-0.4, -0.2) is 45.6 Å². The molecule has 3 rings (SSSR count). The standard InChI is InChI=1S/C14H17Cl2N5/c1-10-7-20(5-4-17-10)8-12-9-21(19-18-12)14-3-2-11(15)6-13(14)16/h2-3,6,9-10,17H,4-5,7-8H2,1H3. The number of halogens is 2. The van der Waals surface area contributed by atoms with E-state index >= 15 is 0 Å². The first-order valence-corrected chi connectivity index (χ1v) is 7.70. The van der Waals surface area contributed by atoms with Crippen LogP contribution in [0, 0.1) is 0 Å². The summed E-state index contributed by atoms with van der Waals surface area (Å²) in [5, 5.41) is 13.0. The molecular formula is C14H17Cl2N5. The van der Waals surface area contributed by atoms with Crippen molar-refractivity contribution >= 4 is 23.2 Å². The van der Waals surface area contributed by atoms with Crippen molar-refractivity contribution in [1.29, 1.82) is 0 Å². The van der Waals surface area contributed by atoms with Gasteiger partial charge in [0.15, 0.2) is 0 Å². The molecule has 0 bridgehead atoms. The van der Waals surface area contributed by atoms with E-state index in [0.29, 0.717) is 16.1 Å². The largest absolute Gasteiger partial charge is 0.312 e. The molecule has 0 spiro atoms. The lowest BCUT2D eigenvalue weighted by Crippen LogP contribution is -2.48. The highest BCUT2D eigenvalue weighted by molar-refractivity contribution is 6.35. The Bertz CT molecular complexity index is 628. The van der Waals surface area contributed by atoms with Crippen LogP contribution in [0.25, 0.3) is 5.69 Å². The molecule has 1 unspecified atom stereocenters. The monoisotopic (exact) mass is 325 g/mol. The summed E-state index contributed by atoms with van der Waals surface area (Å²) in [4.78, 5) is 2.37. The molecule has 1 fully saturated rings. The molecule has 5 nitrogen and oxygen atoms in total. The number of nitrogens with zero attached hydrogens (tertiary/aromatic N) is 4. The zero-order chi connectivity index (χ0) is 14.8. The SMILES string of the molecule is CC1CN(Cc2cn(-c3ccc(Cl)cc3Cl)nn2)CCN1. The number of hydrogen-bond acceptors (Lipinski definition) is 4. The Morgan fingerprint density at radius 3 is 3.00 bits per heavy atom. The highest BCUT2D eigenvalue weighted by Gasteiger charge is 2.17. The minimum absolute atomic E-state index is 0.513. The van der Waals surface area contributed by atoms with E-state index in [1.54, 1.807) is 16.8 Å². The number of nitrogens with one attached hydrogen (secondary N) is 1. The second kappa shape index (κ2) is 6.32. The van der Waals surface area contributed by atoms with Crippen LogP contribution in [0.2, 0.25) is 10.0 Å². The van der Waals surface area contributed by atoms with Crippen molar-refractivity contribution in [3.8, 4) is 5.69 Å². The van der Waals surface area contributed by atoms with Crippen molar-refractivity contribution in [3.05, 3.63) is 40.1 Å². The topological polar surface area (TPSA) is 46.0 Å². The van der Waals surface area contributed by atoms with E-state index in [2.05, 4.69) is 27.5 Å². The lowest BCUT2D eigenvalue weighted by molar-refractivity contribution is 0.197. The summed E-state index contributed by atoms with van der Waals surface area (Å²) in [6.45, 7) is 6.06. The summed E-state index contributed by atoms with van der Waals surface area (Å²) in [5.41, 5.74) is 1.73. The van der Waals surface area contributed by atoms with Gasteiger partial charge in [-0.2, -0.15) is 0 Å². The molecule has 1 N–H and O–H groups in total. The van der Waals surface area contributed by atoms with E-state index in [1.165, 1.54) is 0 Å². The number of rotatable bonds is 3. The van der Waals surface area contributed by atoms with Gasteiger partial charge in [-0.3, -0.25) is 4.90 Å². The molecule has 1 aliphatic heterocycles. The van der Waals surface area contributed by atoms with Gasteiger partial charge in [-0.25, -0.2) is 4.68 Å². The third-order valence-corrected chi connectivity index (χ3v) is 4.07. The van der Waals surface area contributed by atoms with Gasteiger partial charge in [-0.15, -0.1) is 5.10 Å². The van der Waals surface area contributed by atoms with Gasteiger partial charge in [0.2, 0.25) is 0 Å². The van der Waals surface area contributed by atoms with Gasteiger partial charge >= 0.3 is 0 Å². The van der Waals surface area contributed by atoms with E-state index in [0.717, 1.165) is 37.6 Å². The minimum Gasteiger partial charge on any atom is -0.312 e. The smallest absolute Gasteiger partial charge is 0.0971 e. The average Bonchev–Trinajstić information content (AvgIpc) is 2.87. The third kappa shape index (κ3) is 3.55. The van der Waals surface area contributed by atoms with Crippen LogP contribution >= 0.6 is 23.2 Å². The van der Waals surface area contributed by atoms with Crippen LogP contribution in [-0.2, 0) is 6.54 Å². The van der Waals surface area contributed by atoms with Crippen LogP contribution in [0.5, 0.6) is 0 Å². The second-order valence-corrected chi connectivity index (χ2v) is 6.18. The van der Waals surface area contributed by atoms with Gasteiger partial charge in [0, 0.05) is 37.2 Å². The number of hydrogen-bond donors (Lipinski definition) is 1. The molecule has 0 amide bonds. The Labute approximate surface area is 133 Å². The summed E-state index contributed by atoms with van der Waals surface area (Å²) in [7, 11) is 0. The Hall–Kier alpha value is -1.14. The van der Waals surface area contributed by atoms with Crippen LogP contribution in [0.4, 0.5) is 0 Å². The zero-order valence-corrected chi connectivity index (χ0v) is 13.3. The van der Waals surface area contributed by atoms with Crippen LogP contribution in [0.1, 0.15) is 12.6 Å². The summed E-state index contributed by atoms with van der Waals surface area (Å²) >= 11 is 12.1. The van der Waals surface area contributed by atoms with Crippen molar-refractivity contribution in [2.75, 3.05) is 19.6 Å². The zero-order valence-electron chi connectivity index (χ0n) is 11.8. The number of benzene rings is 1. The first kappa shape index (κ1) is 14.8. The van der Waals surface area contributed by atoms with Crippen molar-refractivity contribution in [3.63, 3.8) is 0 Å². The Morgan fingerprint density at radius 1 is 1.38 bits per heavy atom. The van der Waals surface area contributed by atoms with Crippen molar-refractivity contribution in [2.45, 2.75) is 19.5 Å². The van der Waals surface area contributed by atoms with E-state index in [4.69, 9.17) is 23.2 Å². The Morgan fingerprint density at radius 2 is 2.24 bits per heavy atom. The molecule has 7 heteroatoms. The summed E-state index contributed by atoms with van der Waals surface area (Å²) in [5.74, 6) is 0. The highest BCUT2D eigenvalue weighted by Crippen LogP contribution is 2.23. The molecular weight excluding hydrogens is 309 g/mol. The summed E-state index contributed by atoms with van der Waals surface area (Å²) in [6.07, 6.45) is 1.92. The van der Waals surface area contributed by atoms with Gasteiger partial charge in [-0.05, 0) is 25.1 Å². The lowest BCUT2D eigenvalue weighted by Gasteiger charge is -2.30. The fourth-order valence-corrected chi connectivity index (χ4v) is 3.04. The molecule has 1 aliphatic rings. The van der Waals surface area contributed by atoms with Gasteiger partial charge in [0.25, 0.3) is 0 Å². The normalized spacial score (nSPS) is 19.9. The molecule has 2 aromatic rings. The first-order valence-electron chi connectivity index (χ1n) is 6.94. The molecule has 1 aromatic heterocycles. The van der Waals surface area contributed by atoms with Crippen LogP contribution in [0.3, 0.4) is 0 Å². The molecule has 1 aromatic carbocycles. The van der Waals surface area contributed by atoms with Crippen LogP contribution in [0.15, 0.2) is 24.4 Å². The molecule has 0 saturated carbocycles. The fourth-order valence-electron chi connectivity index (χ4n) is 2.54. The maximum atomic E-state index is 6.19. The molecule has 1 saturated heterocycles. The molecule has 0 aliphatic carbocycles. The fraction of sp³-hybridized carbons (Fsp3) is 0.429. The maximum Gasteiger partial charge on any atom is 0.0971 e. The van der Waals surface area contributed by atoms with Crippen molar-refractivity contribution in [1.82, 2.24) is 25.2 Å². The second-order valence-electron chi connectivity index (χ2n) is 5.34. The molecule has 1 atom stereocenters. The average molecular weight is 326 g/mol. The number of piperazine rings is 1. The van der Waals surface area contributed by atoms with E-state index < -0.39 is 0 Å². The van der Waals surface area contributed by atoms with Gasteiger partial charge in [-0.1, -0.05) is 28.4 Å². The predicted octanol–water partition coefficient (Wildman–Crippen LogP) is 2.37. The molecule has 112 valence electrons. The predicted molar refractivity (Wildman–Crippen MR) is 84.1 cm³/mol.